The molecule has 8 atom stereocenters. The Kier molecular flexibility index (Phi) is 13.7. The van der Waals surface area contributed by atoms with Crippen LogP contribution in [-0.4, -0.2) is 131 Å². The van der Waals surface area contributed by atoms with Crippen LogP contribution < -0.4 is 5.73 Å². The van der Waals surface area contributed by atoms with E-state index in [1.165, 1.54) is 29.2 Å². The number of aliphatic hydroxyl groups is 2. The molecule has 4 saturated carbocycles. The summed E-state index contributed by atoms with van der Waals surface area (Å²) in [7, 11) is 0. The Morgan fingerprint density at radius 3 is 1.39 bits per heavy atom. The minimum absolute atomic E-state index is 0.0358. The minimum atomic E-state index is -4.83. The van der Waals surface area contributed by atoms with Crippen molar-refractivity contribution in [3.05, 3.63) is 119 Å². The van der Waals surface area contributed by atoms with Crippen LogP contribution in [0.3, 0.4) is 0 Å². The number of amides is 3. The highest BCUT2D eigenvalue weighted by molar-refractivity contribution is 5.97. The summed E-state index contributed by atoms with van der Waals surface area (Å²) in [5.74, 6) is 1.11. The van der Waals surface area contributed by atoms with Gasteiger partial charge in [-0.1, -0.05) is 24.3 Å². The second-order valence-electron chi connectivity index (χ2n) is 26.9. The van der Waals surface area contributed by atoms with Crippen LogP contribution in [0.5, 0.6) is 0 Å². The third-order valence-corrected chi connectivity index (χ3v) is 20.0. The van der Waals surface area contributed by atoms with Crippen LogP contribution in [0.1, 0.15) is 129 Å². The number of rotatable bonds is 11. The van der Waals surface area contributed by atoms with E-state index in [1.54, 1.807) is 39.6 Å². The van der Waals surface area contributed by atoms with Crippen molar-refractivity contribution in [2.75, 3.05) is 13.1 Å². The standard InChI is InChI=1S/C35H40F3N5O4.C30H32F3N5O2/c1-19-25-12-10-23(31(44)41-17-22-9-13-26(41)30(22)43(32(45)46)33(2,3)4)18-42(25)39-29(19)28-14-21-8-11-24(34(5,47)35(36,37)38)15-27(21)40(28)16-20-6-7-20;1-16-22-9-7-20(28(39)37-14-19-6-10-23(37)26(19)34)15-38(22)35-27(16)25-11-18-5-8-21(29(2,40)30(31,32)33)12-24(18)36(25)13-17-3-4-17/h8,10-12,14-15,18,20,22,26,30,47H,6-7,9,13,16-17H2,1-5H3,(H,45,46);5,7-9,11-12,15,17,19,23,26,40H,3-4,6,10,13-14,34H2,1-2H3/t22?,26?,30-,34?;19?,23?,26-,29?/m11/s1. The molecule has 3 amide bonds. The first-order valence-electron chi connectivity index (χ1n) is 30.2. The molecule has 6 aliphatic rings. The third-order valence-electron chi connectivity index (χ3n) is 20.0. The van der Waals surface area contributed by atoms with E-state index >= 15 is 0 Å². The van der Waals surface area contributed by atoms with E-state index in [1.807, 2.05) is 83.9 Å². The number of likely N-dealkylation sites (tertiary alicyclic amines) is 2. The number of hydrogen-bond acceptors (Lipinski definition) is 8. The van der Waals surface area contributed by atoms with Crippen molar-refractivity contribution < 1.29 is 56.0 Å². The molecule has 2 aliphatic heterocycles. The summed E-state index contributed by atoms with van der Waals surface area (Å²) in [4.78, 5) is 44.9. The fourth-order valence-corrected chi connectivity index (χ4v) is 14.5. The molecule has 2 saturated heterocycles. The zero-order chi connectivity index (χ0) is 61.9. The van der Waals surface area contributed by atoms with E-state index in [2.05, 4.69) is 0 Å². The van der Waals surface area contributed by atoms with Crippen LogP contribution in [0.4, 0.5) is 31.1 Å². The van der Waals surface area contributed by atoms with Gasteiger partial charge in [0, 0.05) is 89.1 Å². The van der Waals surface area contributed by atoms with Crippen LogP contribution in [0.15, 0.2) is 85.2 Å². The SMILES string of the molecule is Cc1c(-c2cc3ccc(C(C)(O)C(F)(F)F)cc3n2CC2CC2)nn2cc(C(=O)N3CC4CCC3[C@@H]4N(C(=O)O)C(C)(C)C)ccc12.Cc1c(-c2cc3ccc(C(C)(O)C(F)(F)F)cc3n2CC2CC2)nn2cc(C(=O)N3CC4CCC3[C@@H]4N)ccc12. The molecule has 6 unspecified atom stereocenters. The lowest BCUT2D eigenvalue weighted by molar-refractivity contribution is -0.259. The van der Waals surface area contributed by atoms with Gasteiger partial charge in [-0.15, -0.1) is 0 Å². The fourth-order valence-electron chi connectivity index (χ4n) is 14.5. The highest BCUT2D eigenvalue weighted by Crippen LogP contribution is 2.47. The maximum atomic E-state index is 13.9. The molecule has 460 valence electrons. The van der Waals surface area contributed by atoms with Crippen molar-refractivity contribution in [1.82, 2.24) is 43.1 Å². The van der Waals surface area contributed by atoms with Gasteiger partial charge in [0.25, 0.3) is 11.8 Å². The third kappa shape index (κ3) is 9.82. The Balaban J connectivity index is 0.000000163. The van der Waals surface area contributed by atoms with Gasteiger partial charge < -0.3 is 40.0 Å². The summed E-state index contributed by atoms with van der Waals surface area (Å²) in [6.45, 7) is 13.6. The van der Waals surface area contributed by atoms with Crippen molar-refractivity contribution in [3.63, 3.8) is 0 Å². The quantitative estimate of drug-likeness (QED) is 0.0912. The van der Waals surface area contributed by atoms with Gasteiger partial charge in [-0.25, -0.2) is 13.8 Å². The molecule has 5 N–H and O–H groups in total. The second-order valence-corrected chi connectivity index (χ2v) is 26.9. The Labute approximate surface area is 498 Å². The molecule has 4 aliphatic carbocycles. The molecule has 0 spiro atoms. The first-order valence-corrected chi connectivity index (χ1v) is 30.2. The highest BCUT2D eigenvalue weighted by Gasteiger charge is 2.56. The first-order chi connectivity index (χ1) is 40.9. The molecule has 2 aromatic carbocycles. The largest absolute Gasteiger partial charge is 0.465 e. The number of nitrogens with zero attached hydrogens (tertiary/aromatic N) is 9. The van der Waals surface area contributed by atoms with E-state index in [0.29, 0.717) is 77.5 Å². The number of hydrogen-bond donors (Lipinski definition) is 4. The number of piperidine rings is 2. The summed E-state index contributed by atoms with van der Waals surface area (Å²) in [6, 6.07) is 19.7. The number of halogens is 6. The van der Waals surface area contributed by atoms with Gasteiger partial charge in [0.1, 0.15) is 11.4 Å². The van der Waals surface area contributed by atoms with Crippen molar-refractivity contribution in [2.45, 2.75) is 166 Å². The molecule has 6 fully saturated rings. The lowest BCUT2D eigenvalue weighted by Crippen LogP contribution is -2.55. The van der Waals surface area contributed by atoms with E-state index in [-0.39, 0.29) is 53.0 Å². The number of carbonyl (C=O) groups excluding carboxylic acids is 2. The average molecular weight is 1200 g/mol. The van der Waals surface area contributed by atoms with Gasteiger partial charge in [0.2, 0.25) is 0 Å². The van der Waals surface area contributed by atoms with Gasteiger partial charge in [0.15, 0.2) is 11.2 Å². The number of benzene rings is 2. The van der Waals surface area contributed by atoms with Crippen molar-refractivity contribution in [2.24, 2.45) is 29.4 Å². The highest BCUT2D eigenvalue weighted by atomic mass is 19.4. The molecule has 22 heteroatoms. The lowest BCUT2D eigenvalue weighted by atomic mass is 9.94. The number of pyridine rings is 2. The van der Waals surface area contributed by atoms with Crippen LogP contribution >= 0.6 is 0 Å². The summed E-state index contributed by atoms with van der Waals surface area (Å²) < 4.78 is 89.5. The maximum Gasteiger partial charge on any atom is 0.421 e. The van der Waals surface area contributed by atoms with Crippen LogP contribution in [0, 0.1) is 37.5 Å². The molecular weight excluding hydrogens is 1130 g/mol. The number of alkyl halides is 6. The summed E-state index contributed by atoms with van der Waals surface area (Å²) in [6.07, 6.45) is 0.706. The van der Waals surface area contributed by atoms with Gasteiger partial charge in [0.05, 0.1) is 45.6 Å². The molecule has 6 aromatic heterocycles. The number of carbonyl (C=O) groups is 3. The van der Waals surface area contributed by atoms with E-state index in [0.717, 1.165) is 110 Å². The average Bonchev–Trinajstić information content (AvgIpc) is 1.71. The molecule has 87 heavy (non-hydrogen) atoms. The Morgan fingerprint density at radius 2 is 1.00 bits per heavy atom. The Morgan fingerprint density at radius 1 is 0.575 bits per heavy atom. The maximum absolute atomic E-state index is 13.9. The Hall–Kier alpha value is -7.43. The fraction of sp³-hybridized carbons (Fsp3) is 0.492. The molecule has 0 radical (unpaired) electrons. The van der Waals surface area contributed by atoms with Crippen LogP contribution in [-0.2, 0) is 24.3 Å². The van der Waals surface area contributed by atoms with Gasteiger partial charge in [-0.3, -0.25) is 14.5 Å². The van der Waals surface area contributed by atoms with Gasteiger partial charge >= 0.3 is 18.4 Å². The molecule has 4 bridgehead atoms. The summed E-state index contributed by atoms with van der Waals surface area (Å²) in [5, 5.41) is 42.1. The number of nitrogens with two attached hydrogens (primary N) is 1. The first kappa shape index (κ1) is 58.6. The molecular formula is C65H72F6N10O6. The monoisotopic (exact) mass is 1200 g/mol. The smallest absolute Gasteiger partial charge is 0.421 e. The van der Waals surface area contributed by atoms with Crippen molar-refractivity contribution >= 4 is 50.7 Å². The number of aryl methyl sites for hydroxylation is 2. The summed E-state index contributed by atoms with van der Waals surface area (Å²) in [5.41, 5.74) is 7.99. The van der Waals surface area contributed by atoms with Gasteiger partial charge in [-0.2, -0.15) is 36.5 Å². The molecule has 14 rings (SSSR count). The molecule has 16 nitrogen and oxygen atoms in total. The minimum Gasteiger partial charge on any atom is -0.465 e. The van der Waals surface area contributed by atoms with Crippen molar-refractivity contribution in [3.8, 4) is 22.8 Å². The number of aromatic nitrogens is 6. The lowest BCUT2D eigenvalue weighted by Gasteiger charge is -2.40. The van der Waals surface area contributed by atoms with Gasteiger partial charge in [-0.05, 0) is 183 Å². The van der Waals surface area contributed by atoms with Crippen molar-refractivity contribution in [1.29, 1.82) is 0 Å². The normalized spacial score (nSPS) is 23.5. The Bertz CT molecular complexity index is 4100. The topological polar surface area (TPSA) is 192 Å². The van der Waals surface area contributed by atoms with E-state index < -0.39 is 35.2 Å². The predicted molar refractivity (Wildman–Crippen MR) is 315 cm³/mol. The second kappa shape index (κ2) is 20.3. The van der Waals surface area contributed by atoms with Crippen LogP contribution in [0.2, 0.25) is 0 Å². The predicted octanol–water partition coefficient (Wildman–Crippen LogP) is 11.8. The van der Waals surface area contributed by atoms with E-state index in [4.69, 9.17) is 15.9 Å². The van der Waals surface area contributed by atoms with Crippen LogP contribution in [0.25, 0.3) is 55.6 Å². The number of fused-ring (bicyclic) bond motifs is 8. The molecule has 8 heterocycles. The zero-order valence-corrected chi connectivity index (χ0v) is 49.6. The number of carboxylic acid groups (broad SMARTS) is 1. The zero-order valence-electron chi connectivity index (χ0n) is 49.6. The molecule has 8 aromatic rings. The summed E-state index contributed by atoms with van der Waals surface area (Å²) >= 11 is 0. The van der Waals surface area contributed by atoms with E-state index in [9.17, 15) is 56.0 Å².